The summed E-state index contributed by atoms with van der Waals surface area (Å²) in [6, 6.07) is 4.26. The maximum absolute atomic E-state index is 6.10. The summed E-state index contributed by atoms with van der Waals surface area (Å²) in [6.07, 6.45) is 7.19. The van der Waals surface area contributed by atoms with Crippen LogP contribution in [-0.4, -0.2) is 53.5 Å². The van der Waals surface area contributed by atoms with Gasteiger partial charge in [-0.15, -0.1) is 0 Å². The minimum absolute atomic E-state index is 0.614. The van der Waals surface area contributed by atoms with Crippen molar-refractivity contribution in [3.05, 3.63) is 23.9 Å². The monoisotopic (exact) mass is 333 g/mol. The zero-order valence-corrected chi connectivity index (χ0v) is 14.6. The summed E-state index contributed by atoms with van der Waals surface area (Å²) in [5, 5.41) is 0. The van der Waals surface area contributed by atoms with Crippen molar-refractivity contribution in [3.63, 3.8) is 0 Å². The highest BCUT2D eigenvalue weighted by Gasteiger charge is 2.12. The lowest BCUT2D eigenvalue weighted by Gasteiger charge is -2.27. The predicted molar refractivity (Wildman–Crippen MR) is 99.1 cm³/mol. The van der Waals surface area contributed by atoms with E-state index in [1.165, 1.54) is 25.7 Å². The molecule has 0 saturated carbocycles. The summed E-state index contributed by atoms with van der Waals surface area (Å²) in [6.45, 7) is 4.88. The third-order valence-electron chi connectivity index (χ3n) is 4.50. The van der Waals surface area contributed by atoms with E-state index in [2.05, 4.69) is 31.9 Å². The number of thioether (sulfide) groups is 1. The van der Waals surface area contributed by atoms with Gasteiger partial charge in [0.15, 0.2) is 5.96 Å². The van der Waals surface area contributed by atoms with Crippen molar-refractivity contribution in [1.82, 2.24) is 9.88 Å². The van der Waals surface area contributed by atoms with Crippen LogP contribution in [0.25, 0.3) is 0 Å². The van der Waals surface area contributed by atoms with E-state index in [0.717, 1.165) is 49.1 Å². The van der Waals surface area contributed by atoms with Crippen molar-refractivity contribution < 1.29 is 0 Å². The largest absolute Gasteiger partial charge is 0.370 e. The fourth-order valence-corrected chi connectivity index (χ4v) is 3.96. The fourth-order valence-electron chi connectivity index (χ4n) is 3.06. The summed E-state index contributed by atoms with van der Waals surface area (Å²) in [4.78, 5) is 13.7. The van der Waals surface area contributed by atoms with Gasteiger partial charge in [-0.2, -0.15) is 11.8 Å². The molecule has 1 aromatic rings. The predicted octanol–water partition coefficient (Wildman–Crippen LogP) is 2.33. The standard InChI is InChI=1S/C17H27N5S/c18-17(22-9-11-23-12-10-22)20-14-15-5-6-16(19-13-15)21-7-3-1-2-4-8-21/h5-6,13H,1-4,7-12,14H2,(H2,18,20). The molecule has 2 fully saturated rings. The number of aliphatic imine (C=N–C) groups is 1. The van der Waals surface area contributed by atoms with E-state index < -0.39 is 0 Å². The Morgan fingerprint density at radius 3 is 2.48 bits per heavy atom. The van der Waals surface area contributed by atoms with E-state index in [0.29, 0.717) is 12.5 Å². The number of nitrogens with two attached hydrogens (primary N) is 1. The molecule has 5 nitrogen and oxygen atoms in total. The van der Waals surface area contributed by atoms with Crippen molar-refractivity contribution in [2.75, 3.05) is 42.6 Å². The Balaban J connectivity index is 1.56. The zero-order chi connectivity index (χ0) is 15.9. The third kappa shape index (κ3) is 4.77. The summed E-state index contributed by atoms with van der Waals surface area (Å²) >= 11 is 1.98. The van der Waals surface area contributed by atoms with Crippen LogP contribution >= 0.6 is 11.8 Å². The molecule has 0 bridgehead atoms. The molecule has 0 amide bonds. The molecule has 1 aromatic heterocycles. The minimum Gasteiger partial charge on any atom is -0.370 e. The first-order valence-corrected chi connectivity index (χ1v) is 9.81. The highest BCUT2D eigenvalue weighted by molar-refractivity contribution is 7.99. The average Bonchev–Trinajstić information content (AvgIpc) is 2.90. The Hall–Kier alpha value is -1.43. The molecule has 0 aliphatic carbocycles. The van der Waals surface area contributed by atoms with Gasteiger partial charge in [-0.05, 0) is 24.5 Å². The van der Waals surface area contributed by atoms with Crippen molar-refractivity contribution in [2.24, 2.45) is 10.7 Å². The molecule has 3 heterocycles. The molecule has 23 heavy (non-hydrogen) atoms. The van der Waals surface area contributed by atoms with Crippen LogP contribution in [0.2, 0.25) is 0 Å². The summed E-state index contributed by atoms with van der Waals surface area (Å²) in [7, 11) is 0. The number of pyridine rings is 1. The molecule has 0 spiro atoms. The number of rotatable bonds is 3. The molecule has 2 aliphatic heterocycles. The quantitative estimate of drug-likeness (QED) is 0.679. The van der Waals surface area contributed by atoms with Gasteiger partial charge in [-0.1, -0.05) is 18.9 Å². The summed E-state index contributed by atoms with van der Waals surface area (Å²) < 4.78 is 0. The van der Waals surface area contributed by atoms with Gasteiger partial charge in [0.1, 0.15) is 5.82 Å². The van der Waals surface area contributed by atoms with Crippen molar-refractivity contribution >= 4 is 23.5 Å². The van der Waals surface area contributed by atoms with Gasteiger partial charge in [0.2, 0.25) is 0 Å². The molecule has 126 valence electrons. The van der Waals surface area contributed by atoms with Crippen molar-refractivity contribution in [3.8, 4) is 0 Å². The van der Waals surface area contributed by atoms with E-state index in [1.54, 1.807) is 0 Å². The van der Waals surface area contributed by atoms with Crippen molar-refractivity contribution in [2.45, 2.75) is 32.2 Å². The zero-order valence-electron chi connectivity index (χ0n) is 13.8. The molecular weight excluding hydrogens is 306 g/mol. The van der Waals surface area contributed by atoms with Crippen LogP contribution < -0.4 is 10.6 Å². The Morgan fingerprint density at radius 2 is 1.83 bits per heavy atom. The normalized spacial score (nSPS) is 20.4. The van der Waals surface area contributed by atoms with E-state index in [9.17, 15) is 0 Å². The number of nitrogens with zero attached hydrogens (tertiary/aromatic N) is 4. The van der Waals surface area contributed by atoms with E-state index >= 15 is 0 Å². The van der Waals surface area contributed by atoms with Gasteiger partial charge >= 0.3 is 0 Å². The van der Waals surface area contributed by atoms with Gasteiger partial charge in [-0.3, -0.25) is 0 Å². The van der Waals surface area contributed by atoms with Crippen LogP contribution in [0, 0.1) is 0 Å². The molecule has 2 saturated heterocycles. The van der Waals surface area contributed by atoms with Crippen molar-refractivity contribution in [1.29, 1.82) is 0 Å². The lowest BCUT2D eigenvalue weighted by atomic mass is 10.2. The van der Waals surface area contributed by atoms with Gasteiger partial charge in [0.05, 0.1) is 6.54 Å². The minimum atomic E-state index is 0.614. The van der Waals surface area contributed by atoms with Gasteiger partial charge < -0.3 is 15.5 Å². The molecule has 2 aliphatic rings. The Bertz CT molecular complexity index is 502. The molecule has 6 heteroatoms. The van der Waals surface area contributed by atoms with E-state index in [4.69, 9.17) is 5.73 Å². The van der Waals surface area contributed by atoms with Crippen LogP contribution in [0.3, 0.4) is 0 Å². The maximum atomic E-state index is 6.10. The summed E-state index contributed by atoms with van der Waals surface area (Å²) in [5.74, 6) is 4.05. The van der Waals surface area contributed by atoms with Gasteiger partial charge in [-0.25, -0.2) is 9.98 Å². The second-order valence-electron chi connectivity index (χ2n) is 6.20. The average molecular weight is 334 g/mol. The Morgan fingerprint density at radius 1 is 1.09 bits per heavy atom. The first-order valence-electron chi connectivity index (χ1n) is 8.65. The molecule has 2 N–H and O–H groups in total. The first-order chi connectivity index (χ1) is 11.3. The van der Waals surface area contributed by atoms with Crippen LogP contribution in [0.15, 0.2) is 23.3 Å². The number of anilines is 1. The lowest BCUT2D eigenvalue weighted by Crippen LogP contribution is -2.42. The second-order valence-corrected chi connectivity index (χ2v) is 7.42. The van der Waals surface area contributed by atoms with Gasteiger partial charge in [0, 0.05) is 43.9 Å². The molecule has 0 atom stereocenters. The summed E-state index contributed by atoms with van der Waals surface area (Å²) in [5.41, 5.74) is 7.22. The first kappa shape index (κ1) is 16.4. The van der Waals surface area contributed by atoms with E-state index in [1.807, 2.05) is 18.0 Å². The van der Waals surface area contributed by atoms with Crippen LogP contribution in [0.1, 0.15) is 31.2 Å². The van der Waals surface area contributed by atoms with Crippen LogP contribution in [-0.2, 0) is 6.54 Å². The lowest BCUT2D eigenvalue weighted by molar-refractivity contribution is 0.455. The third-order valence-corrected chi connectivity index (χ3v) is 5.44. The molecule has 0 unspecified atom stereocenters. The molecule has 0 radical (unpaired) electrons. The van der Waals surface area contributed by atoms with Crippen LogP contribution in [0.5, 0.6) is 0 Å². The molecule has 3 rings (SSSR count). The Labute approximate surface area is 143 Å². The number of hydrogen-bond donors (Lipinski definition) is 1. The highest BCUT2D eigenvalue weighted by atomic mass is 32.2. The number of aromatic nitrogens is 1. The molecule has 0 aromatic carbocycles. The van der Waals surface area contributed by atoms with Crippen LogP contribution in [0.4, 0.5) is 5.82 Å². The molecular formula is C17H27N5S. The number of guanidine groups is 1. The SMILES string of the molecule is NC(=NCc1ccc(N2CCCCCC2)nc1)N1CCSCC1. The topological polar surface area (TPSA) is 57.8 Å². The van der Waals surface area contributed by atoms with E-state index in [-0.39, 0.29) is 0 Å². The smallest absolute Gasteiger partial charge is 0.191 e. The number of hydrogen-bond acceptors (Lipinski definition) is 4. The Kier molecular flexibility index (Phi) is 6.02. The fraction of sp³-hybridized carbons (Fsp3) is 0.647. The maximum Gasteiger partial charge on any atom is 0.191 e. The highest BCUT2D eigenvalue weighted by Crippen LogP contribution is 2.17. The second kappa shape index (κ2) is 8.43. The van der Waals surface area contributed by atoms with Gasteiger partial charge in [0.25, 0.3) is 0 Å².